The molecule has 4 rings (SSSR count). The van der Waals surface area contributed by atoms with E-state index < -0.39 is 0 Å². The predicted octanol–water partition coefficient (Wildman–Crippen LogP) is 3.71. The number of hydrogen-bond donors (Lipinski definition) is 1. The minimum Gasteiger partial charge on any atom is -0.495 e. The second-order valence-corrected chi connectivity index (χ2v) is 7.49. The zero-order chi connectivity index (χ0) is 20.9. The molecule has 1 saturated heterocycles. The van der Waals surface area contributed by atoms with Gasteiger partial charge in [0.25, 0.3) is 0 Å². The Kier molecular flexibility index (Phi) is 5.88. The molecule has 1 atom stereocenters. The molecule has 1 aliphatic heterocycles. The van der Waals surface area contributed by atoms with Crippen LogP contribution < -0.4 is 15.0 Å². The van der Waals surface area contributed by atoms with Gasteiger partial charge in [-0.2, -0.15) is 0 Å². The lowest BCUT2D eigenvalue weighted by atomic mass is 9.97. The van der Waals surface area contributed by atoms with Gasteiger partial charge in [0.05, 0.1) is 24.4 Å². The number of pyridine rings is 1. The van der Waals surface area contributed by atoms with Crippen LogP contribution in [0.1, 0.15) is 18.4 Å². The topological polar surface area (TPSA) is 80.2 Å². The van der Waals surface area contributed by atoms with Crippen molar-refractivity contribution in [2.24, 2.45) is 5.92 Å². The fourth-order valence-corrected chi connectivity index (χ4v) is 3.72. The summed E-state index contributed by atoms with van der Waals surface area (Å²) in [6.45, 7) is 3.47. The van der Waals surface area contributed by atoms with Gasteiger partial charge in [0.1, 0.15) is 5.75 Å². The van der Waals surface area contributed by atoms with E-state index in [0.29, 0.717) is 18.0 Å². The van der Waals surface area contributed by atoms with E-state index in [2.05, 4.69) is 25.4 Å². The first-order valence-corrected chi connectivity index (χ1v) is 10.1. The number of methoxy groups -OCH3 is 1. The molecule has 154 valence electrons. The molecule has 1 N–H and O–H groups in total. The summed E-state index contributed by atoms with van der Waals surface area (Å²) in [5.74, 6) is 1.34. The van der Waals surface area contributed by atoms with Crippen LogP contribution in [0, 0.1) is 12.8 Å². The number of carbonyl (C=O) groups is 1. The first-order valence-electron chi connectivity index (χ1n) is 10.1. The summed E-state index contributed by atoms with van der Waals surface area (Å²) >= 11 is 0. The molecule has 2 aromatic heterocycles. The van der Waals surface area contributed by atoms with E-state index in [-0.39, 0.29) is 11.8 Å². The minimum absolute atomic E-state index is 0.00460. The molecule has 0 radical (unpaired) electrons. The quantitative estimate of drug-likeness (QED) is 0.700. The number of aromatic nitrogens is 3. The highest BCUT2D eigenvalue weighted by Gasteiger charge is 2.27. The van der Waals surface area contributed by atoms with Gasteiger partial charge in [-0.1, -0.05) is 6.07 Å². The van der Waals surface area contributed by atoms with Crippen LogP contribution in [-0.4, -0.2) is 41.3 Å². The Morgan fingerprint density at radius 3 is 2.70 bits per heavy atom. The van der Waals surface area contributed by atoms with Crippen LogP contribution in [0.5, 0.6) is 5.75 Å². The lowest BCUT2D eigenvalue weighted by Gasteiger charge is -2.32. The molecule has 1 aromatic carbocycles. The number of rotatable bonds is 5. The average molecular weight is 403 g/mol. The van der Waals surface area contributed by atoms with Crippen molar-refractivity contribution in [1.29, 1.82) is 0 Å². The summed E-state index contributed by atoms with van der Waals surface area (Å²) < 4.78 is 5.38. The summed E-state index contributed by atoms with van der Waals surface area (Å²) in [7, 11) is 1.61. The molecule has 1 amide bonds. The zero-order valence-electron chi connectivity index (χ0n) is 17.2. The molecule has 0 spiro atoms. The van der Waals surface area contributed by atoms with Crippen LogP contribution in [0.3, 0.4) is 0 Å². The van der Waals surface area contributed by atoms with Gasteiger partial charge in [-0.05, 0) is 61.7 Å². The third kappa shape index (κ3) is 4.40. The minimum atomic E-state index is -0.120. The van der Waals surface area contributed by atoms with Gasteiger partial charge in [-0.3, -0.25) is 9.78 Å². The Morgan fingerprint density at radius 2 is 1.97 bits per heavy atom. The van der Waals surface area contributed by atoms with Gasteiger partial charge in [0, 0.05) is 31.0 Å². The molecule has 1 fully saturated rings. The van der Waals surface area contributed by atoms with E-state index >= 15 is 0 Å². The summed E-state index contributed by atoms with van der Waals surface area (Å²) in [5.41, 5.74) is 3.56. The fourth-order valence-electron chi connectivity index (χ4n) is 3.72. The van der Waals surface area contributed by atoms with Gasteiger partial charge in [0.15, 0.2) is 5.82 Å². The highest BCUT2D eigenvalue weighted by Crippen LogP contribution is 2.28. The number of amides is 1. The molecular formula is C23H25N5O2. The highest BCUT2D eigenvalue weighted by molar-refractivity contribution is 5.94. The third-order valence-electron chi connectivity index (χ3n) is 5.36. The van der Waals surface area contributed by atoms with Crippen LogP contribution >= 0.6 is 0 Å². The number of hydrogen-bond acceptors (Lipinski definition) is 6. The van der Waals surface area contributed by atoms with E-state index in [9.17, 15) is 4.79 Å². The van der Waals surface area contributed by atoms with Crippen molar-refractivity contribution in [3.05, 3.63) is 60.4 Å². The molecule has 0 saturated carbocycles. The average Bonchev–Trinajstić information content (AvgIpc) is 2.80. The molecule has 1 unspecified atom stereocenters. The Morgan fingerprint density at radius 1 is 1.13 bits per heavy atom. The van der Waals surface area contributed by atoms with Crippen molar-refractivity contribution >= 4 is 17.4 Å². The van der Waals surface area contributed by atoms with Crippen molar-refractivity contribution in [2.75, 3.05) is 30.4 Å². The van der Waals surface area contributed by atoms with Crippen LogP contribution in [0.4, 0.5) is 11.5 Å². The van der Waals surface area contributed by atoms with Crippen LogP contribution in [0.15, 0.2) is 54.9 Å². The standard InChI is InChI=1S/C23H25N5O2/c1-16-5-7-21(30-2)20(14-16)25-23(29)18-4-3-13-28(15-18)22-8-6-19(26-27-22)17-9-11-24-12-10-17/h5-12,14,18H,3-4,13,15H2,1-2H3,(H,25,29). The largest absolute Gasteiger partial charge is 0.495 e. The van der Waals surface area contributed by atoms with E-state index in [0.717, 1.165) is 42.0 Å². The predicted molar refractivity (Wildman–Crippen MR) is 117 cm³/mol. The summed E-state index contributed by atoms with van der Waals surface area (Å²) in [5, 5.41) is 11.8. The first kappa shape index (κ1) is 19.8. The molecule has 7 nitrogen and oxygen atoms in total. The molecule has 0 aliphatic carbocycles. The highest BCUT2D eigenvalue weighted by atomic mass is 16.5. The Bertz CT molecular complexity index is 1010. The smallest absolute Gasteiger partial charge is 0.229 e. The van der Waals surface area contributed by atoms with Crippen molar-refractivity contribution < 1.29 is 9.53 Å². The molecular weight excluding hydrogens is 378 g/mol. The molecule has 30 heavy (non-hydrogen) atoms. The van der Waals surface area contributed by atoms with Crippen molar-refractivity contribution in [3.8, 4) is 17.0 Å². The fraction of sp³-hybridized carbons (Fsp3) is 0.304. The number of nitrogens with zero attached hydrogens (tertiary/aromatic N) is 4. The number of anilines is 2. The monoisotopic (exact) mass is 403 g/mol. The normalized spacial score (nSPS) is 16.2. The van der Waals surface area contributed by atoms with Gasteiger partial charge in [-0.15, -0.1) is 10.2 Å². The van der Waals surface area contributed by atoms with E-state index in [4.69, 9.17) is 4.74 Å². The Labute approximate surface area is 176 Å². The number of nitrogens with one attached hydrogen (secondary N) is 1. The number of benzene rings is 1. The number of aryl methyl sites for hydroxylation is 1. The van der Waals surface area contributed by atoms with Crippen molar-refractivity contribution in [2.45, 2.75) is 19.8 Å². The van der Waals surface area contributed by atoms with E-state index in [1.54, 1.807) is 19.5 Å². The second kappa shape index (κ2) is 8.90. The summed E-state index contributed by atoms with van der Waals surface area (Å²) in [6, 6.07) is 13.5. The van der Waals surface area contributed by atoms with Gasteiger partial charge in [0.2, 0.25) is 5.91 Å². The maximum atomic E-state index is 12.9. The van der Waals surface area contributed by atoms with Gasteiger partial charge >= 0.3 is 0 Å². The van der Waals surface area contributed by atoms with E-state index in [1.807, 2.05) is 49.4 Å². The maximum Gasteiger partial charge on any atom is 0.229 e. The first-order chi connectivity index (χ1) is 14.6. The van der Waals surface area contributed by atoms with Gasteiger partial charge in [-0.25, -0.2) is 0 Å². The van der Waals surface area contributed by atoms with Crippen molar-refractivity contribution in [3.63, 3.8) is 0 Å². The maximum absolute atomic E-state index is 12.9. The SMILES string of the molecule is COc1ccc(C)cc1NC(=O)C1CCCN(c2ccc(-c3ccncc3)nn2)C1. The lowest BCUT2D eigenvalue weighted by Crippen LogP contribution is -2.41. The number of carbonyl (C=O) groups excluding carboxylic acids is 1. The second-order valence-electron chi connectivity index (χ2n) is 7.49. The molecule has 0 bridgehead atoms. The zero-order valence-corrected chi connectivity index (χ0v) is 17.2. The lowest BCUT2D eigenvalue weighted by molar-refractivity contribution is -0.120. The molecule has 3 aromatic rings. The number of ether oxygens (including phenoxy) is 1. The molecule has 3 heterocycles. The van der Waals surface area contributed by atoms with Gasteiger partial charge < -0.3 is 15.0 Å². The number of piperidine rings is 1. The summed E-state index contributed by atoms with van der Waals surface area (Å²) in [6.07, 6.45) is 5.25. The van der Waals surface area contributed by atoms with Crippen LogP contribution in [0.25, 0.3) is 11.3 Å². The van der Waals surface area contributed by atoms with E-state index in [1.165, 1.54) is 0 Å². The summed E-state index contributed by atoms with van der Waals surface area (Å²) in [4.78, 5) is 19.1. The molecule has 7 heteroatoms. The molecule has 1 aliphatic rings. The van der Waals surface area contributed by atoms with Crippen LogP contribution in [0.2, 0.25) is 0 Å². The van der Waals surface area contributed by atoms with Crippen molar-refractivity contribution in [1.82, 2.24) is 15.2 Å². The Hall–Kier alpha value is -3.48. The third-order valence-corrected chi connectivity index (χ3v) is 5.36. The Balaban J connectivity index is 1.44. The van der Waals surface area contributed by atoms with Crippen LogP contribution in [-0.2, 0) is 4.79 Å².